The van der Waals surface area contributed by atoms with Crippen molar-refractivity contribution in [1.82, 2.24) is 5.32 Å². The Morgan fingerprint density at radius 2 is 2.00 bits per heavy atom. The second-order valence-electron chi connectivity index (χ2n) is 3.02. The van der Waals surface area contributed by atoms with E-state index in [-0.39, 0.29) is 13.0 Å². The van der Waals surface area contributed by atoms with Crippen LogP contribution in [-0.2, 0) is 9.53 Å². The highest BCUT2D eigenvalue weighted by atomic mass is 19.4. The summed E-state index contributed by atoms with van der Waals surface area (Å²) in [5.41, 5.74) is 0. The van der Waals surface area contributed by atoms with Gasteiger partial charge in [-0.25, -0.2) is 4.79 Å². The first-order valence-electron chi connectivity index (χ1n) is 4.46. The lowest BCUT2D eigenvalue weighted by Gasteiger charge is -2.12. The molecule has 0 aromatic rings. The lowest BCUT2D eigenvalue weighted by atomic mass is 10.1. The molecule has 94 valence electrons. The Morgan fingerprint density at radius 3 is 2.38 bits per heavy atom. The Hall–Kier alpha value is -1.47. The van der Waals surface area contributed by atoms with E-state index in [0.717, 1.165) is 0 Å². The number of alkyl carbamates (subject to hydrolysis) is 1. The van der Waals surface area contributed by atoms with Crippen LogP contribution in [0, 0.1) is 5.92 Å². The molecule has 5 nitrogen and oxygen atoms in total. The molecule has 0 radical (unpaired) electrons. The van der Waals surface area contributed by atoms with Crippen LogP contribution in [0.2, 0.25) is 0 Å². The van der Waals surface area contributed by atoms with E-state index in [1.807, 2.05) is 5.32 Å². The van der Waals surface area contributed by atoms with Gasteiger partial charge in [0.25, 0.3) is 0 Å². The Morgan fingerprint density at radius 1 is 1.44 bits per heavy atom. The van der Waals surface area contributed by atoms with Crippen LogP contribution in [0.4, 0.5) is 18.0 Å². The van der Waals surface area contributed by atoms with Gasteiger partial charge in [-0.2, -0.15) is 13.2 Å². The zero-order chi connectivity index (χ0) is 12.8. The number of carboxylic acids is 1. The largest absolute Gasteiger partial charge is 0.481 e. The normalized spacial score (nSPS) is 13.0. The molecule has 8 heteroatoms. The van der Waals surface area contributed by atoms with E-state index in [2.05, 4.69) is 4.74 Å². The van der Waals surface area contributed by atoms with Crippen molar-refractivity contribution in [2.75, 3.05) is 13.2 Å². The second-order valence-corrected chi connectivity index (χ2v) is 3.02. The molecule has 0 bridgehead atoms. The van der Waals surface area contributed by atoms with Crippen molar-refractivity contribution in [3.63, 3.8) is 0 Å². The molecule has 0 rings (SSSR count). The smallest absolute Gasteiger partial charge is 0.422 e. The van der Waals surface area contributed by atoms with Crippen molar-refractivity contribution < 1.29 is 32.6 Å². The van der Waals surface area contributed by atoms with Gasteiger partial charge in [-0.15, -0.1) is 0 Å². The van der Waals surface area contributed by atoms with E-state index in [1.54, 1.807) is 6.92 Å². The maximum Gasteiger partial charge on any atom is 0.422 e. The average Bonchev–Trinajstić information content (AvgIpc) is 2.14. The van der Waals surface area contributed by atoms with Gasteiger partial charge in [0.15, 0.2) is 6.61 Å². The molecule has 1 atom stereocenters. The van der Waals surface area contributed by atoms with E-state index in [0.29, 0.717) is 0 Å². The lowest BCUT2D eigenvalue weighted by molar-refractivity contribution is -0.160. The monoisotopic (exact) mass is 243 g/mol. The third-order valence-corrected chi connectivity index (χ3v) is 1.70. The maximum absolute atomic E-state index is 11.6. The molecule has 0 heterocycles. The predicted molar refractivity (Wildman–Crippen MR) is 46.8 cm³/mol. The van der Waals surface area contributed by atoms with Gasteiger partial charge in [0, 0.05) is 6.54 Å². The summed E-state index contributed by atoms with van der Waals surface area (Å²) in [6.07, 6.45) is -5.61. The molecule has 0 saturated heterocycles. The van der Waals surface area contributed by atoms with Gasteiger partial charge in [-0.1, -0.05) is 6.92 Å². The molecular formula is C8H12F3NO4. The molecule has 1 unspecified atom stereocenters. The molecular weight excluding hydrogens is 231 g/mol. The number of alkyl halides is 3. The van der Waals surface area contributed by atoms with E-state index in [9.17, 15) is 22.8 Å². The topological polar surface area (TPSA) is 75.6 Å². The Balaban J connectivity index is 3.85. The molecule has 0 aliphatic rings. The quantitative estimate of drug-likeness (QED) is 0.765. The Labute approximate surface area is 89.6 Å². The number of hydrogen-bond donors (Lipinski definition) is 2. The van der Waals surface area contributed by atoms with Crippen LogP contribution < -0.4 is 5.32 Å². The summed E-state index contributed by atoms with van der Waals surface area (Å²) < 4.78 is 38.6. The van der Waals surface area contributed by atoms with E-state index in [4.69, 9.17) is 5.11 Å². The molecule has 0 aliphatic heterocycles. The number of ether oxygens (including phenoxy) is 1. The van der Waals surface area contributed by atoms with Crippen LogP contribution in [0.1, 0.15) is 13.3 Å². The third-order valence-electron chi connectivity index (χ3n) is 1.70. The van der Waals surface area contributed by atoms with Crippen molar-refractivity contribution in [3.05, 3.63) is 0 Å². The Bertz CT molecular complexity index is 254. The molecule has 0 fully saturated rings. The maximum atomic E-state index is 11.6. The van der Waals surface area contributed by atoms with E-state index in [1.165, 1.54) is 0 Å². The van der Waals surface area contributed by atoms with E-state index < -0.39 is 30.8 Å². The minimum absolute atomic E-state index is 0.259. The van der Waals surface area contributed by atoms with E-state index >= 15 is 0 Å². The summed E-state index contributed by atoms with van der Waals surface area (Å²) in [5.74, 6) is -1.96. The SMILES string of the molecule is CCC(CNC(=O)OCC(F)(F)F)C(=O)O. The van der Waals surface area contributed by atoms with Gasteiger partial charge >= 0.3 is 18.2 Å². The van der Waals surface area contributed by atoms with Crippen LogP contribution >= 0.6 is 0 Å². The fraction of sp³-hybridized carbons (Fsp3) is 0.750. The fourth-order valence-corrected chi connectivity index (χ4v) is 0.811. The first kappa shape index (κ1) is 14.5. The molecule has 0 aromatic carbocycles. The minimum Gasteiger partial charge on any atom is -0.481 e. The Kier molecular flexibility index (Phi) is 5.62. The van der Waals surface area contributed by atoms with Gasteiger partial charge in [-0.05, 0) is 6.42 Å². The first-order valence-corrected chi connectivity index (χ1v) is 4.46. The molecule has 0 spiro atoms. The molecule has 0 aliphatic carbocycles. The number of amides is 1. The van der Waals surface area contributed by atoms with Gasteiger partial charge < -0.3 is 15.2 Å². The van der Waals surface area contributed by atoms with Crippen LogP contribution in [0.5, 0.6) is 0 Å². The van der Waals surface area contributed by atoms with Crippen molar-refractivity contribution in [1.29, 1.82) is 0 Å². The molecule has 2 N–H and O–H groups in total. The number of carbonyl (C=O) groups is 2. The number of hydrogen-bond acceptors (Lipinski definition) is 3. The van der Waals surface area contributed by atoms with Crippen molar-refractivity contribution in [2.45, 2.75) is 19.5 Å². The number of carbonyl (C=O) groups excluding carboxylic acids is 1. The number of aliphatic carboxylic acids is 1. The van der Waals surface area contributed by atoms with Crippen molar-refractivity contribution in [2.24, 2.45) is 5.92 Å². The highest BCUT2D eigenvalue weighted by molar-refractivity contribution is 5.72. The zero-order valence-corrected chi connectivity index (χ0v) is 8.50. The lowest BCUT2D eigenvalue weighted by Crippen LogP contribution is -2.34. The third kappa shape index (κ3) is 6.91. The molecule has 0 aromatic heterocycles. The van der Waals surface area contributed by atoms with Crippen LogP contribution in [0.25, 0.3) is 0 Å². The predicted octanol–water partition coefficient (Wildman–Crippen LogP) is 1.39. The standard InChI is InChI=1S/C8H12F3NO4/c1-2-5(6(13)14)3-12-7(15)16-4-8(9,10)11/h5H,2-4H2,1H3,(H,12,15)(H,13,14). The van der Waals surface area contributed by atoms with Crippen molar-refractivity contribution >= 4 is 12.1 Å². The van der Waals surface area contributed by atoms with Crippen LogP contribution in [-0.4, -0.2) is 36.5 Å². The summed E-state index contributed by atoms with van der Waals surface area (Å²) >= 11 is 0. The summed E-state index contributed by atoms with van der Waals surface area (Å²) in [7, 11) is 0. The summed E-state index contributed by atoms with van der Waals surface area (Å²) in [4.78, 5) is 21.2. The number of rotatable bonds is 5. The van der Waals surface area contributed by atoms with Crippen molar-refractivity contribution in [3.8, 4) is 0 Å². The number of halogens is 3. The fourth-order valence-electron chi connectivity index (χ4n) is 0.811. The van der Waals surface area contributed by atoms with Gasteiger partial charge in [0.2, 0.25) is 0 Å². The number of nitrogens with one attached hydrogen (secondary N) is 1. The van der Waals surface area contributed by atoms with Gasteiger partial charge in [0.05, 0.1) is 5.92 Å². The second kappa shape index (κ2) is 6.19. The van der Waals surface area contributed by atoms with Crippen LogP contribution in [0.15, 0.2) is 0 Å². The highest BCUT2D eigenvalue weighted by Crippen LogP contribution is 2.14. The zero-order valence-electron chi connectivity index (χ0n) is 8.50. The summed E-state index contributed by atoms with van der Waals surface area (Å²) in [5, 5.41) is 10.5. The highest BCUT2D eigenvalue weighted by Gasteiger charge is 2.29. The van der Waals surface area contributed by atoms with Gasteiger partial charge in [-0.3, -0.25) is 4.79 Å². The number of carboxylic acid groups (broad SMARTS) is 1. The van der Waals surface area contributed by atoms with Gasteiger partial charge in [0.1, 0.15) is 0 Å². The summed E-state index contributed by atoms with van der Waals surface area (Å²) in [6.45, 7) is -0.368. The summed E-state index contributed by atoms with van der Waals surface area (Å²) in [6, 6.07) is 0. The molecule has 1 amide bonds. The minimum atomic E-state index is -4.59. The van der Waals surface area contributed by atoms with Crippen LogP contribution in [0.3, 0.4) is 0 Å². The first-order chi connectivity index (χ1) is 7.26. The average molecular weight is 243 g/mol. The molecule has 16 heavy (non-hydrogen) atoms. The molecule has 0 saturated carbocycles.